The van der Waals surface area contributed by atoms with E-state index >= 15 is 0 Å². The first-order valence-electron chi connectivity index (χ1n) is 8.55. The number of rotatable bonds is 5. The highest BCUT2D eigenvalue weighted by Crippen LogP contribution is 2.44. The second-order valence-electron chi connectivity index (χ2n) is 6.60. The number of para-hydroxylation sites is 1. The van der Waals surface area contributed by atoms with Crippen LogP contribution in [0.25, 0.3) is 0 Å². The van der Waals surface area contributed by atoms with E-state index in [4.69, 9.17) is 23.2 Å². The summed E-state index contributed by atoms with van der Waals surface area (Å²) in [6, 6.07) is 17.4. The fraction of sp³-hybridized carbons (Fsp3) is 0.143. The Morgan fingerprint density at radius 2 is 1.75 bits per heavy atom. The van der Waals surface area contributed by atoms with Gasteiger partial charge in [0.1, 0.15) is 0 Å². The lowest BCUT2D eigenvalue weighted by Crippen LogP contribution is -2.41. The van der Waals surface area contributed by atoms with Crippen molar-refractivity contribution in [2.45, 2.75) is 18.6 Å². The molecule has 0 radical (unpaired) electrons. The molecular weight excluding hydrogens is 417 g/mol. The van der Waals surface area contributed by atoms with E-state index in [9.17, 15) is 14.7 Å². The molecule has 1 atom stereocenters. The van der Waals surface area contributed by atoms with Crippen LogP contribution in [0, 0.1) is 0 Å². The van der Waals surface area contributed by atoms with Crippen LogP contribution in [0.4, 0.5) is 5.69 Å². The molecule has 0 saturated heterocycles. The number of thiophene rings is 1. The molecule has 1 aliphatic heterocycles. The molecule has 4 rings (SSSR count). The third kappa shape index (κ3) is 3.35. The molecule has 2 heterocycles. The van der Waals surface area contributed by atoms with Gasteiger partial charge in [0, 0.05) is 10.6 Å². The smallest absolute Gasteiger partial charge is 0.264 e. The lowest BCUT2D eigenvalue weighted by molar-refractivity contribution is -0.136. The van der Waals surface area contributed by atoms with E-state index in [0.717, 1.165) is 16.9 Å². The number of halogens is 2. The Morgan fingerprint density at radius 3 is 2.43 bits per heavy atom. The van der Waals surface area contributed by atoms with Crippen LogP contribution in [0.2, 0.25) is 9.36 Å². The van der Waals surface area contributed by atoms with Crippen LogP contribution >= 0.6 is 34.5 Å². The zero-order valence-electron chi connectivity index (χ0n) is 14.6. The Morgan fingerprint density at radius 1 is 1.04 bits per heavy atom. The molecule has 4 nitrogen and oxygen atoms in total. The molecule has 0 spiro atoms. The van der Waals surface area contributed by atoms with Gasteiger partial charge in [-0.2, -0.15) is 0 Å². The van der Waals surface area contributed by atoms with Gasteiger partial charge in [0.25, 0.3) is 5.91 Å². The first kappa shape index (κ1) is 19.2. The van der Waals surface area contributed by atoms with E-state index in [2.05, 4.69) is 0 Å². The summed E-state index contributed by atoms with van der Waals surface area (Å²) in [7, 11) is 0. The minimum absolute atomic E-state index is 0.272. The highest BCUT2D eigenvalue weighted by atomic mass is 35.5. The molecule has 1 unspecified atom stereocenters. The number of nitrogens with zero attached hydrogens (tertiary/aromatic N) is 1. The first-order chi connectivity index (χ1) is 13.4. The van der Waals surface area contributed by atoms with Gasteiger partial charge in [-0.25, -0.2) is 0 Å². The van der Waals surface area contributed by atoms with Crippen molar-refractivity contribution < 1.29 is 14.7 Å². The van der Waals surface area contributed by atoms with Gasteiger partial charge in [-0.15, -0.1) is 11.3 Å². The Kier molecular flexibility index (Phi) is 5.02. The molecule has 28 heavy (non-hydrogen) atoms. The molecule has 1 aromatic heterocycles. The van der Waals surface area contributed by atoms with E-state index in [1.54, 1.807) is 48.5 Å². The van der Waals surface area contributed by atoms with Crippen molar-refractivity contribution in [3.8, 4) is 0 Å². The number of carbonyl (C=O) groups excluding carboxylic acids is 2. The van der Waals surface area contributed by atoms with Gasteiger partial charge in [-0.05, 0) is 35.9 Å². The summed E-state index contributed by atoms with van der Waals surface area (Å²) < 4.78 is 0.484. The van der Waals surface area contributed by atoms with Gasteiger partial charge < -0.3 is 10.0 Å². The predicted molar refractivity (Wildman–Crippen MR) is 111 cm³/mol. The molecule has 0 saturated carbocycles. The summed E-state index contributed by atoms with van der Waals surface area (Å²) in [6.07, 6.45) is -0.337. The standard InChI is InChI=1S/C21H15Cl2NO3S/c22-14-7-5-13(6-8-14)12-24-16-4-2-1-3-15(16)21(27,20(24)26)11-17(25)18-9-10-19(23)28-18/h1-10,27H,11-12H2. The van der Waals surface area contributed by atoms with Gasteiger partial charge in [0.05, 0.1) is 27.9 Å². The van der Waals surface area contributed by atoms with Crippen molar-refractivity contribution >= 4 is 51.9 Å². The van der Waals surface area contributed by atoms with E-state index in [1.165, 1.54) is 4.90 Å². The summed E-state index contributed by atoms with van der Waals surface area (Å²) in [5.74, 6) is -0.837. The predicted octanol–water partition coefficient (Wildman–Crippen LogP) is 5.06. The first-order valence-corrected chi connectivity index (χ1v) is 10.1. The van der Waals surface area contributed by atoms with Crippen LogP contribution in [0.1, 0.15) is 27.2 Å². The molecule has 0 bridgehead atoms. The highest BCUT2D eigenvalue weighted by Gasteiger charge is 2.50. The SMILES string of the molecule is O=C(CC1(O)C(=O)N(Cc2ccc(Cl)cc2)c2ccccc21)c1ccc(Cl)s1. The second-order valence-corrected chi connectivity index (χ2v) is 8.75. The monoisotopic (exact) mass is 431 g/mol. The van der Waals surface area contributed by atoms with Gasteiger partial charge in [-0.3, -0.25) is 9.59 Å². The quantitative estimate of drug-likeness (QED) is 0.574. The number of ketones is 1. The average Bonchev–Trinajstić information content (AvgIpc) is 3.20. The molecule has 0 fully saturated rings. The number of anilines is 1. The van der Waals surface area contributed by atoms with E-state index in [0.29, 0.717) is 25.5 Å². The third-order valence-corrected chi connectivity index (χ3v) is 6.28. The Hall–Kier alpha value is -2.18. The Bertz CT molecular complexity index is 1060. The fourth-order valence-corrected chi connectivity index (χ4v) is 4.50. The maximum absolute atomic E-state index is 13.2. The maximum atomic E-state index is 13.2. The van der Waals surface area contributed by atoms with Crippen molar-refractivity contribution in [1.29, 1.82) is 0 Å². The molecule has 7 heteroatoms. The largest absolute Gasteiger partial charge is 0.375 e. The van der Waals surface area contributed by atoms with Crippen LogP contribution in [0.15, 0.2) is 60.7 Å². The van der Waals surface area contributed by atoms with E-state index < -0.39 is 11.5 Å². The summed E-state index contributed by atoms with van der Waals surface area (Å²) in [6.45, 7) is 0.272. The van der Waals surface area contributed by atoms with E-state index in [-0.39, 0.29) is 18.7 Å². The second kappa shape index (κ2) is 7.33. The van der Waals surface area contributed by atoms with Crippen molar-refractivity contribution in [2.24, 2.45) is 0 Å². The number of fused-ring (bicyclic) bond motifs is 1. The minimum Gasteiger partial charge on any atom is -0.375 e. The lowest BCUT2D eigenvalue weighted by Gasteiger charge is -2.22. The van der Waals surface area contributed by atoms with Crippen LogP contribution < -0.4 is 4.90 Å². The summed E-state index contributed by atoms with van der Waals surface area (Å²) in [5.41, 5.74) is -0.00331. The summed E-state index contributed by atoms with van der Waals surface area (Å²) in [5, 5.41) is 11.9. The van der Waals surface area contributed by atoms with Crippen molar-refractivity contribution in [1.82, 2.24) is 0 Å². The summed E-state index contributed by atoms with van der Waals surface area (Å²) in [4.78, 5) is 27.8. The van der Waals surface area contributed by atoms with Gasteiger partial charge in [0.2, 0.25) is 0 Å². The van der Waals surface area contributed by atoms with Crippen LogP contribution in [0.5, 0.6) is 0 Å². The van der Waals surface area contributed by atoms with Crippen LogP contribution in [-0.4, -0.2) is 16.8 Å². The number of aliphatic hydroxyl groups is 1. The normalized spacial score (nSPS) is 18.4. The van der Waals surface area contributed by atoms with Crippen molar-refractivity contribution in [2.75, 3.05) is 4.90 Å². The topological polar surface area (TPSA) is 57.6 Å². The summed E-state index contributed by atoms with van der Waals surface area (Å²) >= 11 is 13.0. The molecule has 142 valence electrons. The maximum Gasteiger partial charge on any atom is 0.264 e. The third-order valence-electron chi connectivity index (χ3n) is 4.76. The Labute approximate surface area is 175 Å². The molecule has 1 aliphatic rings. The number of Topliss-reactive ketones (excluding diaryl/α,β-unsaturated/α-hetero) is 1. The zero-order valence-corrected chi connectivity index (χ0v) is 16.9. The van der Waals surface area contributed by atoms with Crippen LogP contribution in [-0.2, 0) is 16.9 Å². The number of benzene rings is 2. The van der Waals surface area contributed by atoms with Crippen molar-refractivity contribution in [3.63, 3.8) is 0 Å². The number of hydrogen-bond acceptors (Lipinski definition) is 4. The van der Waals surface area contributed by atoms with E-state index in [1.807, 2.05) is 12.1 Å². The van der Waals surface area contributed by atoms with Crippen molar-refractivity contribution in [3.05, 3.63) is 86.0 Å². The molecule has 0 aliphatic carbocycles. The average molecular weight is 432 g/mol. The molecule has 1 amide bonds. The number of amides is 1. The molecule has 1 N–H and O–H groups in total. The highest BCUT2D eigenvalue weighted by molar-refractivity contribution is 7.18. The lowest BCUT2D eigenvalue weighted by atomic mass is 9.89. The fourth-order valence-electron chi connectivity index (χ4n) is 3.39. The minimum atomic E-state index is -1.91. The zero-order chi connectivity index (χ0) is 19.9. The number of carbonyl (C=O) groups is 2. The van der Waals surface area contributed by atoms with Gasteiger partial charge in [0.15, 0.2) is 11.4 Å². The molecule has 2 aromatic carbocycles. The van der Waals surface area contributed by atoms with Gasteiger partial charge in [-0.1, -0.05) is 53.5 Å². The van der Waals surface area contributed by atoms with Crippen LogP contribution in [0.3, 0.4) is 0 Å². The molecular formula is C21H15Cl2NO3S. The van der Waals surface area contributed by atoms with Gasteiger partial charge >= 0.3 is 0 Å². The molecule has 3 aromatic rings. The Balaban J connectivity index is 1.67. The number of hydrogen-bond donors (Lipinski definition) is 1.